The molecule has 5 rings (SSSR count). The standard InChI is InChI=1S/C29H24FNO2/c1-32-28-18-26(29(33-2)17-25(28)21-8-11-24(30)12-9-21)22-10-13-27-23(16-22)14-15-31(27)19-20-6-4-3-5-7-20/h3-18H,19H2,1-2H3. The molecule has 5 aromatic rings. The van der Waals surface area contributed by atoms with Crippen molar-refractivity contribution in [2.75, 3.05) is 14.2 Å². The van der Waals surface area contributed by atoms with Gasteiger partial charge in [-0.25, -0.2) is 4.39 Å². The highest BCUT2D eigenvalue weighted by Crippen LogP contribution is 2.41. The van der Waals surface area contributed by atoms with E-state index >= 15 is 0 Å². The molecular formula is C29H24FNO2. The van der Waals surface area contributed by atoms with Crippen LogP contribution in [-0.4, -0.2) is 18.8 Å². The Morgan fingerprint density at radius 3 is 2.00 bits per heavy atom. The summed E-state index contributed by atoms with van der Waals surface area (Å²) in [5, 5.41) is 1.16. The van der Waals surface area contributed by atoms with Gasteiger partial charge in [0.2, 0.25) is 0 Å². The lowest BCUT2D eigenvalue weighted by Gasteiger charge is -2.16. The first-order valence-corrected chi connectivity index (χ1v) is 10.8. The minimum absolute atomic E-state index is 0.270. The molecule has 0 spiro atoms. The summed E-state index contributed by atoms with van der Waals surface area (Å²) in [6, 6.07) is 29.3. The monoisotopic (exact) mass is 437 g/mol. The smallest absolute Gasteiger partial charge is 0.127 e. The minimum Gasteiger partial charge on any atom is -0.496 e. The molecule has 0 saturated carbocycles. The van der Waals surface area contributed by atoms with Gasteiger partial charge in [-0.2, -0.15) is 0 Å². The number of rotatable bonds is 6. The van der Waals surface area contributed by atoms with Crippen LogP contribution in [-0.2, 0) is 6.54 Å². The molecule has 0 aliphatic carbocycles. The third-order valence-electron chi connectivity index (χ3n) is 5.95. The van der Waals surface area contributed by atoms with Crippen LogP contribution in [0.5, 0.6) is 11.5 Å². The molecule has 0 amide bonds. The Balaban J connectivity index is 1.55. The molecule has 0 aliphatic heterocycles. The van der Waals surface area contributed by atoms with Gasteiger partial charge in [0.15, 0.2) is 0 Å². The van der Waals surface area contributed by atoms with Crippen molar-refractivity contribution in [2.45, 2.75) is 6.54 Å². The Labute approximate surface area is 192 Å². The van der Waals surface area contributed by atoms with Crippen LogP contribution in [0.2, 0.25) is 0 Å². The zero-order valence-electron chi connectivity index (χ0n) is 18.6. The molecule has 0 unspecified atom stereocenters. The lowest BCUT2D eigenvalue weighted by molar-refractivity contribution is 0.406. The average molecular weight is 438 g/mol. The molecule has 4 aromatic carbocycles. The second-order valence-electron chi connectivity index (χ2n) is 7.96. The van der Waals surface area contributed by atoms with Gasteiger partial charge in [0.1, 0.15) is 17.3 Å². The average Bonchev–Trinajstić information content (AvgIpc) is 3.26. The van der Waals surface area contributed by atoms with Gasteiger partial charge >= 0.3 is 0 Å². The van der Waals surface area contributed by atoms with E-state index in [0.717, 1.165) is 39.9 Å². The van der Waals surface area contributed by atoms with Crippen molar-refractivity contribution in [3.05, 3.63) is 109 Å². The first-order valence-electron chi connectivity index (χ1n) is 10.8. The van der Waals surface area contributed by atoms with E-state index in [9.17, 15) is 4.39 Å². The van der Waals surface area contributed by atoms with Crippen LogP contribution in [0.3, 0.4) is 0 Å². The maximum absolute atomic E-state index is 13.4. The second kappa shape index (κ2) is 8.83. The van der Waals surface area contributed by atoms with Crippen LogP contribution < -0.4 is 9.47 Å². The van der Waals surface area contributed by atoms with Gasteiger partial charge in [0, 0.05) is 34.8 Å². The predicted octanol–water partition coefficient (Wildman–Crippen LogP) is 7.18. The highest BCUT2D eigenvalue weighted by atomic mass is 19.1. The molecule has 0 aliphatic rings. The fourth-order valence-electron chi connectivity index (χ4n) is 4.26. The third kappa shape index (κ3) is 4.08. The van der Waals surface area contributed by atoms with Crippen molar-refractivity contribution in [2.24, 2.45) is 0 Å². The van der Waals surface area contributed by atoms with E-state index < -0.39 is 0 Å². The maximum atomic E-state index is 13.4. The van der Waals surface area contributed by atoms with Crippen molar-refractivity contribution >= 4 is 10.9 Å². The number of hydrogen-bond donors (Lipinski definition) is 0. The Morgan fingerprint density at radius 2 is 1.33 bits per heavy atom. The summed E-state index contributed by atoms with van der Waals surface area (Å²) < 4.78 is 27.1. The Kier molecular flexibility index (Phi) is 5.57. The highest BCUT2D eigenvalue weighted by molar-refractivity contribution is 5.89. The molecule has 0 N–H and O–H groups in total. The predicted molar refractivity (Wildman–Crippen MR) is 131 cm³/mol. The van der Waals surface area contributed by atoms with E-state index in [1.807, 2.05) is 18.2 Å². The van der Waals surface area contributed by atoms with E-state index in [2.05, 4.69) is 59.3 Å². The van der Waals surface area contributed by atoms with Crippen LogP contribution in [0.15, 0.2) is 97.2 Å². The Bertz CT molecular complexity index is 1410. The van der Waals surface area contributed by atoms with Gasteiger partial charge in [-0.3, -0.25) is 0 Å². The van der Waals surface area contributed by atoms with Gasteiger partial charge in [0.05, 0.1) is 14.2 Å². The molecule has 1 heterocycles. The lowest BCUT2D eigenvalue weighted by Crippen LogP contribution is -1.97. The summed E-state index contributed by atoms with van der Waals surface area (Å²) in [7, 11) is 3.31. The normalized spacial score (nSPS) is 11.0. The number of nitrogens with zero attached hydrogens (tertiary/aromatic N) is 1. The molecule has 1 aromatic heterocycles. The number of halogens is 1. The van der Waals surface area contributed by atoms with Crippen LogP contribution in [0.25, 0.3) is 33.2 Å². The fraction of sp³-hybridized carbons (Fsp3) is 0.103. The van der Waals surface area contributed by atoms with E-state index in [-0.39, 0.29) is 5.82 Å². The van der Waals surface area contributed by atoms with Gasteiger partial charge in [0.25, 0.3) is 0 Å². The van der Waals surface area contributed by atoms with E-state index in [1.165, 1.54) is 23.2 Å². The summed E-state index contributed by atoms with van der Waals surface area (Å²) in [6.45, 7) is 0.827. The fourth-order valence-corrected chi connectivity index (χ4v) is 4.26. The number of ether oxygens (including phenoxy) is 2. The van der Waals surface area contributed by atoms with E-state index in [1.54, 1.807) is 26.4 Å². The van der Waals surface area contributed by atoms with Crippen molar-refractivity contribution in [3.63, 3.8) is 0 Å². The number of methoxy groups -OCH3 is 2. The van der Waals surface area contributed by atoms with Gasteiger partial charge in [-0.15, -0.1) is 0 Å². The Morgan fingerprint density at radius 1 is 0.697 bits per heavy atom. The summed E-state index contributed by atoms with van der Waals surface area (Å²) in [4.78, 5) is 0. The molecular weight excluding hydrogens is 413 g/mol. The molecule has 33 heavy (non-hydrogen) atoms. The first kappa shape index (κ1) is 20.8. The topological polar surface area (TPSA) is 23.4 Å². The Hall–Kier alpha value is -4.05. The summed E-state index contributed by atoms with van der Waals surface area (Å²) in [5.74, 6) is 1.17. The molecule has 164 valence electrons. The van der Waals surface area contributed by atoms with Crippen molar-refractivity contribution in [1.29, 1.82) is 0 Å². The van der Waals surface area contributed by atoms with Gasteiger partial charge < -0.3 is 14.0 Å². The lowest BCUT2D eigenvalue weighted by atomic mass is 9.97. The molecule has 0 saturated heterocycles. The summed E-state index contributed by atoms with van der Waals surface area (Å²) in [5.41, 5.74) is 6.15. The SMILES string of the molecule is COc1cc(-c2ccc3c(ccn3Cc3ccccc3)c2)c(OC)cc1-c1ccc(F)cc1. The molecule has 0 fully saturated rings. The summed E-state index contributed by atoms with van der Waals surface area (Å²) >= 11 is 0. The van der Waals surface area contributed by atoms with Gasteiger partial charge in [-0.1, -0.05) is 48.5 Å². The number of fused-ring (bicyclic) bond motifs is 1. The van der Waals surface area contributed by atoms with Gasteiger partial charge in [-0.05, 0) is 59.2 Å². The maximum Gasteiger partial charge on any atom is 0.127 e. The molecule has 3 nitrogen and oxygen atoms in total. The highest BCUT2D eigenvalue weighted by Gasteiger charge is 2.15. The molecule has 0 radical (unpaired) electrons. The zero-order chi connectivity index (χ0) is 22.8. The van der Waals surface area contributed by atoms with Crippen molar-refractivity contribution < 1.29 is 13.9 Å². The van der Waals surface area contributed by atoms with Crippen LogP contribution in [0, 0.1) is 5.82 Å². The van der Waals surface area contributed by atoms with Crippen molar-refractivity contribution in [3.8, 4) is 33.8 Å². The van der Waals surface area contributed by atoms with Crippen molar-refractivity contribution in [1.82, 2.24) is 4.57 Å². The molecule has 4 heteroatoms. The number of aromatic nitrogens is 1. The quantitative estimate of drug-likeness (QED) is 0.281. The van der Waals surface area contributed by atoms with Crippen LogP contribution in [0.1, 0.15) is 5.56 Å². The third-order valence-corrected chi connectivity index (χ3v) is 5.95. The van der Waals surface area contributed by atoms with Crippen LogP contribution in [0.4, 0.5) is 4.39 Å². The number of hydrogen-bond acceptors (Lipinski definition) is 2. The largest absolute Gasteiger partial charge is 0.496 e. The molecule has 0 atom stereocenters. The van der Waals surface area contributed by atoms with E-state index in [4.69, 9.17) is 9.47 Å². The zero-order valence-corrected chi connectivity index (χ0v) is 18.6. The molecule has 0 bridgehead atoms. The first-order chi connectivity index (χ1) is 16.2. The summed E-state index contributed by atoms with van der Waals surface area (Å²) in [6.07, 6.45) is 2.12. The number of benzene rings is 4. The second-order valence-corrected chi connectivity index (χ2v) is 7.96. The minimum atomic E-state index is -0.270. The van der Waals surface area contributed by atoms with Crippen LogP contribution >= 0.6 is 0 Å². The van der Waals surface area contributed by atoms with E-state index in [0.29, 0.717) is 5.75 Å².